The van der Waals surface area contributed by atoms with Gasteiger partial charge in [0.25, 0.3) is 0 Å². The van der Waals surface area contributed by atoms with Crippen LogP contribution in [0.15, 0.2) is 35.0 Å². The molecule has 0 radical (unpaired) electrons. The van der Waals surface area contributed by atoms with Crippen LogP contribution in [0.4, 0.5) is 4.39 Å². The molecule has 1 aromatic carbocycles. The average molecular weight is 251 g/mol. The zero-order valence-corrected chi connectivity index (χ0v) is 10.2. The fourth-order valence-corrected chi connectivity index (χ4v) is 2.25. The first-order valence-corrected chi connectivity index (χ1v) is 6.35. The van der Waals surface area contributed by atoms with Gasteiger partial charge in [-0.1, -0.05) is 0 Å². The van der Waals surface area contributed by atoms with Gasteiger partial charge in [0.15, 0.2) is 0 Å². The molecule has 2 N–H and O–H groups in total. The third-order valence-electron chi connectivity index (χ3n) is 2.41. The molecule has 0 aliphatic rings. The van der Waals surface area contributed by atoms with Gasteiger partial charge in [0.1, 0.15) is 11.6 Å². The second kappa shape index (κ2) is 5.80. The molecule has 0 spiro atoms. The van der Waals surface area contributed by atoms with Gasteiger partial charge < -0.3 is 10.5 Å². The SMILES string of the molecule is NCc1cc(F)cc(OCCc2ccsc2)c1. The number of benzene rings is 1. The zero-order valence-electron chi connectivity index (χ0n) is 9.36. The first-order valence-electron chi connectivity index (χ1n) is 5.41. The molecule has 1 aromatic heterocycles. The standard InChI is InChI=1S/C13H14FNOS/c14-12-5-11(8-15)6-13(7-12)16-3-1-10-2-4-17-9-10/h2,4-7,9H,1,3,8,15H2. The van der Waals surface area contributed by atoms with E-state index in [0.717, 1.165) is 12.0 Å². The number of hydrogen-bond acceptors (Lipinski definition) is 3. The molecular formula is C13H14FNOS. The summed E-state index contributed by atoms with van der Waals surface area (Å²) in [5, 5.41) is 4.12. The van der Waals surface area contributed by atoms with Gasteiger partial charge in [-0.3, -0.25) is 0 Å². The van der Waals surface area contributed by atoms with Gasteiger partial charge in [-0.05, 0) is 40.1 Å². The molecule has 17 heavy (non-hydrogen) atoms. The molecule has 0 amide bonds. The Morgan fingerprint density at radius 1 is 1.24 bits per heavy atom. The van der Waals surface area contributed by atoms with Crippen LogP contribution in [0, 0.1) is 5.82 Å². The smallest absolute Gasteiger partial charge is 0.127 e. The molecule has 2 rings (SSSR count). The molecule has 0 unspecified atom stereocenters. The van der Waals surface area contributed by atoms with Crippen molar-refractivity contribution in [3.63, 3.8) is 0 Å². The van der Waals surface area contributed by atoms with Crippen molar-refractivity contribution in [2.45, 2.75) is 13.0 Å². The number of ether oxygens (including phenoxy) is 1. The van der Waals surface area contributed by atoms with E-state index in [1.807, 2.05) is 5.38 Å². The van der Waals surface area contributed by atoms with E-state index < -0.39 is 0 Å². The van der Waals surface area contributed by atoms with Crippen molar-refractivity contribution in [3.05, 3.63) is 52.0 Å². The molecule has 0 fully saturated rings. The Bertz CT molecular complexity index is 470. The third-order valence-corrected chi connectivity index (χ3v) is 3.14. The largest absolute Gasteiger partial charge is 0.493 e. The highest BCUT2D eigenvalue weighted by Gasteiger charge is 2.01. The lowest BCUT2D eigenvalue weighted by Crippen LogP contribution is -2.03. The van der Waals surface area contributed by atoms with Crippen LogP contribution in [0.1, 0.15) is 11.1 Å². The van der Waals surface area contributed by atoms with Crippen LogP contribution in [0.25, 0.3) is 0 Å². The fraction of sp³-hybridized carbons (Fsp3) is 0.231. The van der Waals surface area contributed by atoms with Crippen LogP contribution in [-0.2, 0) is 13.0 Å². The highest BCUT2D eigenvalue weighted by atomic mass is 32.1. The topological polar surface area (TPSA) is 35.2 Å². The molecule has 4 heteroatoms. The van der Waals surface area contributed by atoms with E-state index in [1.165, 1.54) is 17.7 Å². The summed E-state index contributed by atoms with van der Waals surface area (Å²) in [5.41, 5.74) is 7.46. The number of thiophene rings is 1. The molecule has 0 saturated carbocycles. The summed E-state index contributed by atoms with van der Waals surface area (Å²) in [4.78, 5) is 0. The van der Waals surface area contributed by atoms with Gasteiger partial charge in [0, 0.05) is 19.0 Å². The Morgan fingerprint density at radius 3 is 2.82 bits per heavy atom. The minimum Gasteiger partial charge on any atom is -0.493 e. The van der Waals surface area contributed by atoms with Gasteiger partial charge >= 0.3 is 0 Å². The maximum absolute atomic E-state index is 13.2. The van der Waals surface area contributed by atoms with Crippen molar-refractivity contribution in [2.75, 3.05) is 6.61 Å². The summed E-state index contributed by atoms with van der Waals surface area (Å²) in [7, 11) is 0. The lowest BCUT2D eigenvalue weighted by atomic mass is 10.2. The Labute approximate surface area is 104 Å². The van der Waals surface area contributed by atoms with Crippen LogP contribution in [0.5, 0.6) is 5.75 Å². The number of nitrogens with two attached hydrogens (primary N) is 1. The van der Waals surface area contributed by atoms with E-state index in [4.69, 9.17) is 10.5 Å². The van der Waals surface area contributed by atoms with E-state index in [0.29, 0.717) is 18.9 Å². The molecule has 1 heterocycles. The molecule has 0 aliphatic carbocycles. The number of hydrogen-bond donors (Lipinski definition) is 1. The Balaban J connectivity index is 1.92. The predicted molar refractivity (Wildman–Crippen MR) is 67.8 cm³/mol. The number of rotatable bonds is 5. The Morgan fingerprint density at radius 2 is 2.12 bits per heavy atom. The predicted octanol–water partition coefficient (Wildman–Crippen LogP) is 2.97. The van der Waals surface area contributed by atoms with Crippen LogP contribution >= 0.6 is 11.3 Å². The third kappa shape index (κ3) is 3.54. The lowest BCUT2D eigenvalue weighted by molar-refractivity contribution is 0.320. The van der Waals surface area contributed by atoms with Gasteiger partial charge in [-0.15, -0.1) is 0 Å². The van der Waals surface area contributed by atoms with Gasteiger partial charge in [0.05, 0.1) is 6.61 Å². The molecule has 0 saturated heterocycles. The summed E-state index contributed by atoms with van der Waals surface area (Å²) in [5.74, 6) is 0.235. The minimum atomic E-state index is -0.307. The molecule has 90 valence electrons. The van der Waals surface area contributed by atoms with Crippen molar-refractivity contribution in [2.24, 2.45) is 5.73 Å². The molecule has 0 aliphatic heterocycles. The van der Waals surface area contributed by atoms with Crippen molar-refractivity contribution in [3.8, 4) is 5.75 Å². The van der Waals surface area contributed by atoms with Gasteiger partial charge in [-0.2, -0.15) is 11.3 Å². The average Bonchev–Trinajstić information content (AvgIpc) is 2.81. The minimum absolute atomic E-state index is 0.307. The zero-order chi connectivity index (χ0) is 12.1. The van der Waals surface area contributed by atoms with Crippen LogP contribution in [0.2, 0.25) is 0 Å². The molecule has 2 nitrogen and oxygen atoms in total. The number of halogens is 1. The Kier molecular flexibility index (Phi) is 4.12. The summed E-state index contributed by atoms with van der Waals surface area (Å²) in [6.07, 6.45) is 0.831. The first-order chi connectivity index (χ1) is 8.28. The second-order valence-electron chi connectivity index (χ2n) is 3.73. The second-order valence-corrected chi connectivity index (χ2v) is 4.51. The monoisotopic (exact) mass is 251 g/mol. The van der Waals surface area contributed by atoms with E-state index in [1.54, 1.807) is 17.4 Å². The quantitative estimate of drug-likeness (QED) is 0.886. The van der Waals surface area contributed by atoms with Crippen molar-refractivity contribution < 1.29 is 9.13 Å². The Hall–Kier alpha value is -1.39. The summed E-state index contributed by atoms with van der Waals surface area (Å²) in [6.45, 7) is 0.864. The maximum atomic E-state index is 13.2. The molecule has 0 bridgehead atoms. The van der Waals surface area contributed by atoms with Gasteiger partial charge in [0.2, 0.25) is 0 Å². The molecular weight excluding hydrogens is 237 g/mol. The first kappa shape index (κ1) is 12.1. The lowest BCUT2D eigenvalue weighted by Gasteiger charge is -2.07. The van der Waals surface area contributed by atoms with Crippen LogP contribution in [-0.4, -0.2) is 6.61 Å². The van der Waals surface area contributed by atoms with Crippen molar-refractivity contribution in [1.29, 1.82) is 0 Å². The van der Waals surface area contributed by atoms with E-state index in [-0.39, 0.29) is 5.82 Å². The summed E-state index contributed by atoms with van der Waals surface area (Å²) < 4.78 is 18.7. The van der Waals surface area contributed by atoms with Crippen molar-refractivity contribution >= 4 is 11.3 Å². The normalized spacial score (nSPS) is 10.5. The van der Waals surface area contributed by atoms with E-state index in [9.17, 15) is 4.39 Å². The fourth-order valence-electron chi connectivity index (χ4n) is 1.54. The maximum Gasteiger partial charge on any atom is 0.127 e. The highest BCUT2D eigenvalue weighted by molar-refractivity contribution is 7.07. The van der Waals surface area contributed by atoms with E-state index >= 15 is 0 Å². The summed E-state index contributed by atoms with van der Waals surface area (Å²) in [6, 6.07) is 6.64. The van der Waals surface area contributed by atoms with Crippen LogP contribution < -0.4 is 10.5 Å². The van der Waals surface area contributed by atoms with Crippen molar-refractivity contribution in [1.82, 2.24) is 0 Å². The van der Waals surface area contributed by atoms with Gasteiger partial charge in [-0.25, -0.2) is 4.39 Å². The highest BCUT2D eigenvalue weighted by Crippen LogP contribution is 2.16. The molecule has 0 atom stereocenters. The molecule has 2 aromatic rings. The van der Waals surface area contributed by atoms with E-state index in [2.05, 4.69) is 11.4 Å². The van der Waals surface area contributed by atoms with Crippen LogP contribution in [0.3, 0.4) is 0 Å². The summed E-state index contributed by atoms with van der Waals surface area (Å²) >= 11 is 1.66.